The van der Waals surface area contributed by atoms with Gasteiger partial charge in [-0.15, -0.1) is 0 Å². The molecule has 53 heavy (non-hydrogen) atoms. The van der Waals surface area contributed by atoms with Crippen molar-refractivity contribution >= 4 is 57.2 Å². The van der Waals surface area contributed by atoms with E-state index in [0.29, 0.717) is 0 Å². The van der Waals surface area contributed by atoms with Gasteiger partial charge in [-0.05, 0) is 120 Å². The second-order valence-corrected chi connectivity index (χ2v) is 19.6. The molecule has 0 atom stereocenters. The molecule has 3 heteroatoms. The quantitative estimate of drug-likeness (QED) is 0.164. The van der Waals surface area contributed by atoms with E-state index in [-0.39, 0.29) is 103 Å². The number of fused-ring (bicyclic) bond motifs is 4. The number of benzene rings is 5. The number of hydrogen-bond acceptors (Lipinski definition) is 2. The van der Waals surface area contributed by atoms with E-state index in [2.05, 4.69) is 0 Å². The number of hydrogen-bond donors (Lipinski definition) is 0. The molecule has 0 amide bonds. The number of rotatable bonds is 2. The Morgan fingerprint density at radius 2 is 0.660 bits per heavy atom. The predicted octanol–water partition coefficient (Wildman–Crippen LogP) is 12.3. The van der Waals surface area contributed by atoms with Crippen LogP contribution in [0.1, 0.15) is 154 Å². The first-order chi connectivity index (χ1) is 31.2. The lowest BCUT2D eigenvalue weighted by Gasteiger charge is -2.45. The van der Waals surface area contributed by atoms with Gasteiger partial charge in [0.25, 0.3) is 6.71 Å². The first kappa shape index (κ1) is 22.2. The van der Waals surface area contributed by atoms with Crippen molar-refractivity contribution < 1.29 is 21.9 Å². The highest BCUT2D eigenvalue weighted by atomic mass is 15.2. The van der Waals surface area contributed by atoms with E-state index in [1.807, 2.05) is 0 Å². The van der Waals surface area contributed by atoms with Crippen molar-refractivity contribution in [3.63, 3.8) is 0 Å². The Hall–Kier alpha value is -4.24. The fourth-order valence-corrected chi connectivity index (χ4v) is 6.55. The molecule has 0 saturated heterocycles. The molecule has 0 aliphatic carbocycles. The molecule has 2 aliphatic rings. The fourth-order valence-electron chi connectivity index (χ4n) is 6.55. The minimum absolute atomic E-state index is 0.0116. The van der Waals surface area contributed by atoms with Crippen molar-refractivity contribution in [1.82, 2.24) is 0 Å². The zero-order valence-electron chi connectivity index (χ0n) is 50.0. The highest BCUT2D eigenvalue weighted by Crippen LogP contribution is 2.47. The summed E-state index contributed by atoms with van der Waals surface area (Å²) in [6.07, 6.45) is 0. The molecule has 0 bridgehead atoms. The van der Waals surface area contributed by atoms with Crippen LogP contribution in [0.2, 0.25) is 0 Å². The third-order valence-corrected chi connectivity index (χ3v) is 9.82. The lowest BCUT2D eigenvalue weighted by molar-refractivity contribution is 0.589. The van der Waals surface area contributed by atoms with Crippen LogP contribution in [0.25, 0.3) is 0 Å². The largest absolute Gasteiger partial charge is 0.311 e. The molecule has 7 rings (SSSR count). The summed E-state index contributed by atoms with van der Waals surface area (Å²) in [5.41, 5.74) is -6.00. The van der Waals surface area contributed by atoms with Crippen molar-refractivity contribution in [2.45, 2.75) is 131 Å². The van der Waals surface area contributed by atoms with Gasteiger partial charge >= 0.3 is 0 Å². The summed E-state index contributed by atoms with van der Waals surface area (Å²) < 4.78 is 157. The van der Waals surface area contributed by atoms with Crippen LogP contribution in [0.5, 0.6) is 0 Å². The third-order valence-electron chi connectivity index (χ3n) is 9.82. The average Bonchev–Trinajstić information content (AvgIpc) is 3.17. The molecule has 2 heterocycles. The lowest BCUT2D eigenvalue weighted by atomic mass is 9.33. The van der Waals surface area contributed by atoms with Crippen LogP contribution in [0.4, 0.5) is 34.1 Å². The van der Waals surface area contributed by atoms with Crippen LogP contribution in [0, 0.1) is 0 Å². The lowest BCUT2D eigenvalue weighted by Crippen LogP contribution is -2.61. The highest BCUT2D eigenvalue weighted by molar-refractivity contribution is 7.00. The molecule has 0 radical (unpaired) electrons. The maximum Gasteiger partial charge on any atom is 0.252 e. The first-order valence-corrected chi connectivity index (χ1v) is 18.5. The fraction of sp³-hybridized carbons (Fsp3) is 0.400. The van der Waals surface area contributed by atoms with E-state index in [0.717, 1.165) is 0 Å². The summed E-state index contributed by atoms with van der Waals surface area (Å²) in [5, 5.41) is 0. The summed E-state index contributed by atoms with van der Waals surface area (Å²) in [4.78, 5) is 2.46. The smallest absolute Gasteiger partial charge is 0.252 e. The van der Waals surface area contributed by atoms with Crippen LogP contribution in [-0.4, -0.2) is 6.71 Å². The highest BCUT2D eigenvalue weighted by Gasteiger charge is 2.45. The summed E-state index contributed by atoms with van der Waals surface area (Å²) in [6.45, 7) is 25.0. The van der Waals surface area contributed by atoms with Crippen molar-refractivity contribution in [1.29, 1.82) is 0 Å². The Kier molecular flexibility index (Phi) is 5.09. The van der Waals surface area contributed by atoms with Crippen molar-refractivity contribution in [2.75, 3.05) is 9.80 Å². The van der Waals surface area contributed by atoms with E-state index in [9.17, 15) is 21.9 Å². The molecule has 5 aromatic carbocycles. The topological polar surface area (TPSA) is 6.48 Å². The molecule has 0 aromatic heterocycles. The molecular formula is C50H61BN2. The molecule has 0 fully saturated rings. The second kappa shape index (κ2) is 12.1. The first-order valence-electron chi connectivity index (χ1n) is 26.5. The van der Waals surface area contributed by atoms with Gasteiger partial charge in [-0.2, -0.15) is 0 Å². The normalized spacial score (nSPS) is 18.8. The van der Waals surface area contributed by atoms with Gasteiger partial charge in [0.2, 0.25) is 0 Å². The van der Waals surface area contributed by atoms with E-state index in [1.54, 1.807) is 104 Å². The van der Waals surface area contributed by atoms with Gasteiger partial charge in [0, 0.05) is 34.1 Å². The van der Waals surface area contributed by atoms with Gasteiger partial charge in [-0.3, -0.25) is 0 Å². The van der Waals surface area contributed by atoms with Gasteiger partial charge in [0.15, 0.2) is 0 Å². The molecule has 2 aliphatic heterocycles. The van der Waals surface area contributed by atoms with Crippen molar-refractivity contribution in [2.24, 2.45) is 0 Å². The molecule has 5 aromatic rings. The van der Waals surface area contributed by atoms with Crippen LogP contribution in [-0.2, 0) is 27.1 Å². The molecule has 274 valence electrons. The van der Waals surface area contributed by atoms with Crippen LogP contribution < -0.4 is 26.2 Å². The monoisotopic (exact) mass is 717 g/mol. The van der Waals surface area contributed by atoms with Crippen molar-refractivity contribution in [3.05, 3.63) is 124 Å². The summed E-state index contributed by atoms with van der Waals surface area (Å²) >= 11 is 0. The van der Waals surface area contributed by atoms with Crippen molar-refractivity contribution in [3.8, 4) is 0 Å². The maximum atomic E-state index is 10.3. The third kappa shape index (κ3) is 6.53. The van der Waals surface area contributed by atoms with E-state index >= 15 is 0 Å². The standard InChI is InChI=1S/C50H61BN2/c1-46(2,3)32-16-22-37(23-17-32)52-41-26-20-34(48(7,8)9)28-39(41)51-40-29-35(49(10,11)12)21-27-42(40)53(38-24-18-33(19-25-38)47(4,5)6)44-31-36(50(13,14)15)30-43(52)45(44)51/h16-31H,1-15H3/i16D,17D,18D,19D,20D,21D,22D,23D,24D,25D,26D,27D,28D,29D,30D,31D. The molecule has 0 spiro atoms. The number of anilines is 6. The van der Waals surface area contributed by atoms with Gasteiger partial charge < -0.3 is 9.80 Å². The summed E-state index contributed by atoms with van der Waals surface area (Å²) in [6, 6.07) is -6.70. The van der Waals surface area contributed by atoms with E-state index < -0.39 is 106 Å². The average molecular weight is 717 g/mol. The Labute approximate surface area is 344 Å². The minimum atomic E-state index is -1.45. The van der Waals surface area contributed by atoms with Gasteiger partial charge in [0.1, 0.15) is 0 Å². The molecule has 2 nitrogen and oxygen atoms in total. The van der Waals surface area contributed by atoms with Gasteiger partial charge in [-0.25, -0.2) is 0 Å². The zero-order chi connectivity index (χ0) is 52.6. The molecule has 0 unspecified atom stereocenters. The van der Waals surface area contributed by atoms with Gasteiger partial charge in [-0.1, -0.05) is 152 Å². The zero-order valence-corrected chi connectivity index (χ0v) is 34.0. The van der Waals surface area contributed by atoms with E-state index in [1.165, 1.54) is 9.80 Å². The Balaban J connectivity index is 1.93. The van der Waals surface area contributed by atoms with Gasteiger partial charge in [0.05, 0.1) is 21.9 Å². The van der Waals surface area contributed by atoms with Crippen LogP contribution in [0.3, 0.4) is 0 Å². The Morgan fingerprint density at radius 1 is 0.358 bits per heavy atom. The molecule has 0 N–H and O–H groups in total. The Bertz CT molecular complexity index is 2850. The number of nitrogens with zero attached hydrogens (tertiary/aromatic N) is 2. The minimum Gasteiger partial charge on any atom is -0.311 e. The summed E-state index contributed by atoms with van der Waals surface area (Å²) in [7, 11) is 0. The van der Waals surface area contributed by atoms with Crippen LogP contribution in [0.15, 0.2) is 96.7 Å². The predicted molar refractivity (Wildman–Crippen MR) is 234 cm³/mol. The summed E-state index contributed by atoms with van der Waals surface area (Å²) in [5.74, 6) is 0. The second-order valence-electron chi connectivity index (χ2n) is 19.6. The van der Waals surface area contributed by atoms with E-state index in [4.69, 9.17) is 0 Å². The SMILES string of the molecule is [2H]c1c([2H])c(C(C)(C)C)c([2H])c([2H])c1N1c2c([2H])c([2H])c(C(C)(C)C)c([2H])c2B2c3c([2H])c(C(C)(C)C)c([2H])c([2H])c3N(c3c([2H])c([2H])c(C(C)(C)C)c([2H])c3[2H])c3c([2H])c(C(C)(C)C)c([2H])c1c32. The maximum absolute atomic E-state index is 10.3. The Morgan fingerprint density at radius 3 is 0.962 bits per heavy atom. The van der Waals surface area contributed by atoms with Crippen LogP contribution >= 0.6 is 0 Å². The molecule has 0 saturated carbocycles. The molecular weight excluding hydrogens is 639 g/mol.